The van der Waals surface area contributed by atoms with Gasteiger partial charge in [-0.3, -0.25) is 18.5 Å². The van der Waals surface area contributed by atoms with E-state index in [0.29, 0.717) is 35.2 Å². The molecule has 9 heteroatoms. The van der Waals surface area contributed by atoms with Crippen LogP contribution in [0, 0.1) is 6.92 Å². The van der Waals surface area contributed by atoms with Gasteiger partial charge in [-0.05, 0) is 36.8 Å². The molecule has 0 unspecified atom stereocenters. The number of hydrogen-bond donors (Lipinski definition) is 1. The Morgan fingerprint density at radius 3 is 2.53 bits per heavy atom. The zero-order chi connectivity index (χ0) is 22.8. The Morgan fingerprint density at radius 1 is 1.06 bits per heavy atom. The average molecular weight is 470 g/mol. The van der Waals surface area contributed by atoms with Gasteiger partial charge in [0, 0.05) is 36.3 Å². The van der Waals surface area contributed by atoms with Crippen molar-refractivity contribution in [1.82, 2.24) is 18.7 Å². The van der Waals surface area contributed by atoms with Gasteiger partial charge in [0.1, 0.15) is 0 Å². The third kappa shape index (κ3) is 4.47. The van der Waals surface area contributed by atoms with Crippen molar-refractivity contribution in [2.45, 2.75) is 18.4 Å². The molecule has 0 saturated carbocycles. The van der Waals surface area contributed by atoms with Crippen LogP contribution >= 0.6 is 23.4 Å². The van der Waals surface area contributed by atoms with E-state index in [2.05, 4.69) is 16.4 Å². The van der Waals surface area contributed by atoms with Crippen molar-refractivity contribution in [1.29, 1.82) is 0 Å². The fourth-order valence-electron chi connectivity index (χ4n) is 3.59. The number of aryl methyl sites for hydroxylation is 2. The lowest BCUT2D eigenvalue weighted by atomic mass is 10.1. The number of imidazole rings is 1. The summed E-state index contributed by atoms with van der Waals surface area (Å²) in [7, 11) is 3.12. The first-order valence-corrected chi connectivity index (χ1v) is 11.6. The number of fused-ring (bicyclic) bond motifs is 1. The van der Waals surface area contributed by atoms with Crippen LogP contribution in [0.1, 0.15) is 11.1 Å². The summed E-state index contributed by atoms with van der Waals surface area (Å²) in [5.41, 5.74) is 2.22. The van der Waals surface area contributed by atoms with Crippen LogP contribution in [0.2, 0.25) is 5.02 Å². The van der Waals surface area contributed by atoms with E-state index in [4.69, 9.17) is 11.6 Å². The molecule has 7 nitrogen and oxygen atoms in total. The van der Waals surface area contributed by atoms with Crippen LogP contribution in [0.15, 0.2) is 63.0 Å². The number of aromatic nitrogens is 4. The number of nitrogens with zero attached hydrogens (tertiary/aromatic N) is 4. The first-order chi connectivity index (χ1) is 15.3. The molecule has 0 radical (unpaired) electrons. The van der Waals surface area contributed by atoms with Gasteiger partial charge < -0.3 is 5.32 Å². The van der Waals surface area contributed by atoms with Crippen molar-refractivity contribution in [2.75, 3.05) is 17.6 Å². The summed E-state index contributed by atoms with van der Waals surface area (Å²) >= 11 is 7.65. The van der Waals surface area contributed by atoms with Crippen LogP contribution in [0.4, 0.5) is 5.95 Å². The number of nitrogens with one attached hydrogen (secondary N) is 1. The zero-order valence-corrected chi connectivity index (χ0v) is 19.7. The first kappa shape index (κ1) is 22.2. The van der Waals surface area contributed by atoms with Crippen LogP contribution in [0.5, 0.6) is 0 Å². The highest BCUT2D eigenvalue weighted by Crippen LogP contribution is 2.21. The fraction of sp³-hybridized carbons (Fsp3) is 0.261. The SMILES string of the molecule is Cc1cccc(Cn2c(NCCSc3ccc(Cl)cc3)nc3c2c(=O)n(C)c(=O)n3C)c1. The van der Waals surface area contributed by atoms with E-state index in [1.54, 1.807) is 18.8 Å². The molecule has 0 aliphatic carbocycles. The van der Waals surface area contributed by atoms with Crippen LogP contribution in [-0.4, -0.2) is 31.0 Å². The predicted octanol–water partition coefficient (Wildman–Crippen LogP) is 3.65. The number of anilines is 1. The monoisotopic (exact) mass is 469 g/mol. The molecule has 0 fully saturated rings. The number of rotatable bonds is 7. The van der Waals surface area contributed by atoms with Gasteiger partial charge in [0.15, 0.2) is 11.2 Å². The molecule has 0 saturated heterocycles. The lowest BCUT2D eigenvalue weighted by molar-refractivity contribution is 0.702. The van der Waals surface area contributed by atoms with Gasteiger partial charge in [-0.25, -0.2) is 4.79 Å². The molecule has 0 bridgehead atoms. The minimum atomic E-state index is -0.396. The summed E-state index contributed by atoms with van der Waals surface area (Å²) in [5, 5.41) is 4.07. The number of benzene rings is 2. The zero-order valence-electron chi connectivity index (χ0n) is 18.1. The number of halogens is 1. The smallest absolute Gasteiger partial charge is 0.332 e. The van der Waals surface area contributed by atoms with Gasteiger partial charge in [-0.1, -0.05) is 41.4 Å². The second-order valence-electron chi connectivity index (χ2n) is 7.62. The van der Waals surface area contributed by atoms with Crippen molar-refractivity contribution in [3.63, 3.8) is 0 Å². The molecule has 4 aromatic rings. The van der Waals surface area contributed by atoms with Crippen molar-refractivity contribution < 1.29 is 0 Å². The van der Waals surface area contributed by atoms with E-state index in [-0.39, 0.29) is 5.56 Å². The normalized spacial score (nSPS) is 11.2. The van der Waals surface area contributed by atoms with Crippen molar-refractivity contribution in [3.05, 3.63) is 85.5 Å². The Kier molecular flexibility index (Phi) is 6.43. The molecule has 0 aliphatic heterocycles. The molecule has 4 rings (SSSR count). The van der Waals surface area contributed by atoms with Crippen LogP contribution in [-0.2, 0) is 20.6 Å². The van der Waals surface area contributed by atoms with E-state index < -0.39 is 5.69 Å². The van der Waals surface area contributed by atoms with Crippen molar-refractivity contribution >= 4 is 40.5 Å². The van der Waals surface area contributed by atoms with Crippen LogP contribution in [0.3, 0.4) is 0 Å². The second kappa shape index (κ2) is 9.26. The molecule has 2 aromatic carbocycles. The Balaban J connectivity index is 1.66. The summed E-state index contributed by atoms with van der Waals surface area (Å²) in [6.07, 6.45) is 0. The largest absolute Gasteiger partial charge is 0.355 e. The lowest BCUT2D eigenvalue weighted by Crippen LogP contribution is -2.37. The summed E-state index contributed by atoms with van der Waals surface area (Å²) in [6.45, 7) is 3.14. The standard InChI is InChI=1S/C23H24ClN5O2S/c1-15-5-4-6-16(13-15)14-29-19-20(27(2)23(31)28(3)21(19)30)26-22(29)25-11-12-32-18-9-7-17(24)8-10-18/h4-10,13H,11-12,14H2,1-3H3,(H,25,26). The Hall–Kier alpha value is -2.97. The highest BCUT2D eigenvalue weighted by Gasteiger charge is 2.19. The third-order valence-corrected chi connectivity index (χ3v) is 6.50. The molecular formula is C23H24ClN5O2S. The van der Waals surface area contributed by atoms with Gasteiger partial charge in [0.25, 0.3) is 5.56 Å². The molecule has 32 heavy (non-hydrogen) atoms. The van der Waals surface area contributed by atoms with E-state index in [9.17, 15) is 9.59 Å². The van der Waals surface area contributed by atoms with E-state index >= 15 is 0 Å². The van der Waals surface area contributed by atoms with E-state index in [1.165, 1.54) is 11.6 Å². The second-order valence-corrected chi connectivity index (χ2v) is 9.22. The van der Waals surface area contributed by atoms with Crippen LogP contribution < -0.4 is 16.6 Å². The van der Waals surface area contributed by atoms with Gasteiger partial charge in [-0.2, -0.15) is 4.98 Å². The molecule has 166 valence electrons. The highest BCUT2D eigenvalue weighted by molar-refractivity contribution is 7.99. The maximum absolute atomic E-state index is 13.0. The van der Waals surface area contributed by atoms with Gasteiger partial charge in [0.2, 0.25) is 5.95 Å². The quantitative estimate of drug-likeness (QED) is 0.330. The van der Waals surface area contributed by atoms with Gasteiger partial charge >= 0.3 is 5.69 Å². The Bertz CT molecular complexity index is 1390. The molecule has 2 heterocycles. The maximum Gasteiger partial charge on any atom is 0.332 e. The summed E-state index contributed by atoms with van der Waals surface area (Å²) < 4.78 is 4.40. The average Bonchev–Trinajstić information content (AvgIpc) is 3.13. The number of thioether (sulfide) groups is 1. The molecule has 0 aliphatic rings. The molecule has 0 amide bonds. The Morgan fingerprint density at radius 2 is 1.81 bits per heavy atom. The minimum Gasteiger partial charge on any atom is -0.355 e. The van der Waals surface area contributed by atoms with Crippen molar-refractivity contribution in [3.8, 4) is 0 Å². The van der Waals surface area contributed by atoms with Crippen LogP contribution in [0.25, 0.3) is 11.2 Å². The van der Waals surface area contributed by atoms with Gasteiger partial charge in [0.05, 0.1) is 6.54 Å². The molecule has 1 N–H and O–H groups in total. The molecular weight excluding hydrogens is 446 g/mol. The molecule has 2 aromatic heterocycles. The maximum atomic E-state index is 13.0. The summed E-state index contributed by atoms with van der Waals surface area (Å²) in [4.78, 5) is 31.1. The topological polar surface area (TPSA) is 73.8 Å². The minimum absolute atomic E-state index is 0.355. The first-order valence-electron chi connectivity index (χ1n) is 10.2. The van der Waals surface area contributed by atoms with Crippen molar-refractivity contribution in [2.24, 2.45) is 14.1 Å². The molecule has 0 spiro atoms. The Labute approximate surface area is 194 Å². The third-order valence-electron chi connectivity index (χ3n) is 5.24. The summed E-state index contributed by atoms with van der Waals surface area (Å²) in [6, 6.07) is 15.8. The van der Waals surface area contributed by atoms with E-state index in [1.807, 2.05) is 54.0 Å². The lowest BCUT2D eigenvalue weighted by Gasteiger charge is -2.11. The summed E-state index contributed by atoms with van der Waals surface area (Å²) in [5.74, 6) is 1.36. The van der Waals surface area contributed by atoms with E-state index in [0.717, 1.165) is 26.3 Å². The van der Waals surface area contributed by atoms with Gasteiger partial charge in [-0.15, -0.1) is 11.8 Å². The predicted molar refractivity (Wildman–Crippen MR) is 131 cm³/mol. The number of hydrogen-bond acceptors (Lipinski definition) is 5. The fourth-order valence-corrected chi connectivity index (χ4v) is 4.49. The highest BCUT2D eigenvalue weighted by atomic mass is 35.5. The molecule has 0 atom stereocenters.